The van der Waals surface area contributed by atoms with Crippen molar-refractivity contribution < 1.29 is 9.90 Å². The topological polar surface area (TPSA) is 49.7 Å². The molecule has 0 aliphatic heterocycles. The molecule has 1 N–H and O–H groups in total. The maximum absolute atomic E-state index is 10.9. The largest absolute Gasteiger partial charge is 0.479 e. The van der Waals surface area contributed by atoms with Crippen LogP contribution >= 0.6 is 12.2 Å². The lowest BCUT2D eigenvalue weighted by Crippen LogP contribution is -2.32. The van der Waals surface area contributed by atoms with Crippen LogP contribution in [0.3, 0.4) is 0 Å². The van der Waals surface area contributed by atoms with Crippen molar-refractivity contribution in [2.75, 3.05) is 0 Å². The molecule has 0 aliphatic carbocycles. The lowest BCUT2D eigenvalue weighted by Gasteiger charge is -2.17. The number of hydrogen-bond donors (Lipinski definition) is 1. The van der Waals surface area contributed by atoms with E-state index in [0.29, 0.717) is 6.42 Å². The second-order valence-corrected chi connectivity index (χ2v) is 3.78. The third-order valence-corrected chi connectivity index (χ3v) is 2.36. The molecule has 0 heterocycles. The molecule has 0 saturated carbocycles. The van der Waals surface area contributed by atoms with E-state index in [1.54, 1.807) is 6.92 Å². The van der Waals surface area contributed by atoms with Gasteiger partial charge in [0.2, 0.25) is 0 Å². The van der Waals surface area contributed by atoms with E-state index >= 15 is 0 Å². The Morgan fingerprint density at radius 1 is 1.50 bits per heavy atom. The molecular weight excluding hydrogens is 198 g/mol. The summed E-state index contributed by atoms with van der Waals surface area (Å²) in [5.74, 6) is -0.925. The quantitative estimate of drug-likeness (QED) is 0.403. The first kappa shape index (κ1) is 13.3. The second kappa shape index (κ2) is 6.68. The van der Waals surface area contributed by atoms with Crippen LogP contribution in [0.15, 0.2) is 4.99 Å². The van der Waals surface area contributed by atoms with Gasteiger partial charge in [0.05, 0.1) is 5.16 Å². The van der Waals surface area contributed by atoms with Gasteiger partial charge in [-0.2, -0.15) is 0 Å². The third-order valence-electron chi connectivity index (χ3n) is 2.27. The molecule has 1 atom stereocenters. The minimum atomic E-state index is -1.07. The molecule has 80 valence electrons. The molecule has 0 aromatic carbocycles. The summed E-state index contributed by atoms with van der Waals surface area (Å²) in [6.07, 6.45) is 4.73. The van der Waals surface area contributed by atoms with E-state index in [1.165, 1.54) is 0 Å². The van der Waals surface area contributed by atoms with Crippen LogP contribution in [-0.2, 0) is 4.79 Å². The summed E-state index contributed by atoms with van der Waals surface area (Å²) in [5, 5.41) is 11.1. The first-order chi connectivity index (χ1) is 6.56. The summed E-state index contributed by atoms with van der Waals surface area (Å²) in [7, 11) is 0. The van der Waals surface area contributed by atoms with Crippen LogP contribution in [0.25, 0.3) is 0 Å². The molecule has 0 aromatic heterocycles. The van der Waals surface area contributed by atoms with Crippen molar-refractivity contribution in [1.29, 1.82) is 0 Å². The molecule has 0 rings (SSSR count). The van der Waals surface area contributed by atoms with Gasteiger partial charge in [-0.05, 0) is 25.6 Å². The lowest BCUT2D eigenvalue weighted by molar-refractivity contribution is -0.142. The number of rotatable bonds is 7. The van der Waals surface area contributed by atoms with E-state index in [2.05, 4.69) is 29.3 Å². The summed E-state index contributed by atoms with van der Waals surface area (Å²) in [4.78, 5) is 14.6. The minimum Gasteiger partial charge on any atom is -0.479 e. The molecule has 14 heavy (non-hydrogen) atoms. The predicted octanol–water partition coefficient (Wildman–Crippen LogP) is 2.90. The summed E-state index contributed by atoms with van der Waals surface area (Å²) >= 11 is 4.44. The van der Waals surface area contributed by atoms with Gasteiger partial charge < -0.3 is 5.11 Å². The molecule has 0 saturated heterocycles. The van der Waals surface area contributed by atoms with Crippen LogP contribution in [0, 0.1) is 0 Å². The van der Waals surface area contributed by atoms with Gasteiger partial charge >= 0.3 is 5.97 Å². The van der Waals surface area contributed by atoms with Crippen LogP contribution in [0.5, 0.6) is 0 Å². The normalized spacial score (nSPS) is 14.1. The molecule has 1 unspecified atom stereocenters. The van der Waals surface area contributed by atoms with Crippen molar-refractivity contribution in [3.8, 4) is 0 Å². The Morgan fingerprint density at radius 2 is 2.14 bits per heavy atom. The minimum absolute atomic E-state index is 0.534. The monoisotopic (exact) mass is 215 g/mol. The molecule has 3 nitrogen and oxygen atoms in total. The number of isothiocyanates is 1. The predicted molar refractivity (Wildman–Crippen MR) is 59.8 cm³/mol. The third kappa shape index (κ3) is 4.49. The highest BCUT2D eigenvalue weighted by Crippen LogP contribution is 2.19. The van der Waals surface area contributed by atoms with Gasteiger partial charge in [-0.15, -0.1) is 0 Å². The Kier molecular flexibility index (Phi) is 6.34. The van der Waals surface area contributed by atoms with Gasteiger partial charge in [0.1, 0.15) is 0 Å². The van der Waals surface area contributed by atoms with E-state index in [0.717, 1.165) is 25.7 Å². The summed E-state index contributed by atoms with van der Waals surface area (Å²) in [6, 6.07) is 0. The summed E-state index contributed by atoms with van der Waals surface area (Å²) in [6.45, 7) is 3.70. The average molecular weight is 215 g/mol. The zero-order chi connectivity index (χ0) is 11.0. The molecular formula is C10H17NO2S. The maximum atomic E-state index is 10.9. The molecule has 0 spiro atoms. The van der Waals surface area contributed by atoms with Crippen molar-refractivity contribution in [2.45, 2.75) is 51.5 Å². The Bertz CT molecular complexity index is 232. The number of carboxylic acid groups (broad SMARTS) is 1. The van der Waals surface area contributed by atoms with Crippen molar-refractivity contribution in [1.82, 2.24) is 0 Å². The average Bonchev–Trinajstić information content (AvgIpc) is 2.13. The van der Waals surface area contributed by atoms with Crippen LogP contribution in [0.4, 0.5) is 0 Å². The number of aliphatic carboxylic acids is 1. The van der Waals surface area contributed by atoms with Gasteiger partial charge in [0.25, 0.3) is 0 Å². The van der Waals surface area contributed by atoms with Crippen LogP contribution < -0.4 is 0 Å². The summed E-state index contributed by atoms with van der Waals surface area (Å²) in [5.41, 5.74) is -1.07. The van der Waals surface area contributed by atoms with Gasteiger partial charge in [0, 0.05) is 0 Å². The van der Waals surface area contributed by atoms with E-state index < -0.39 is 11.5 Å². The van der Waals surface area contributed by atoms with Gasteiger partial charge in [-0.1, -0.05) is 32.6 Å². The standard InChI is InChI=1S/C10H17NO2S/c1-3-4-5-6-7-10(2,9(12)13)11-8-14/h3-7H2,1-2H3,(H,12,13). The molecule has 0 radical (unpaired) electrons. The Hall–Kier alpha value is -0.730. The van der Waals surface area contributed by atoms with E-state index in [-0.39, 0.29) is 0 Å². The SMILES string of the molecule is CCCCCCC(C)(N=C=S)C(=O)O. The zero-order valence-electron chi connectivity index (χ0n) is 8.75. The second-order valence-electron chi connectivity index (χ2n) is 3.59. The fourth-order valence-electron chi connectivity index (χ4n) is 1.21. The van der Waals surface area contributed by atoms with Crippen LogP contribution in [0.2, 0.25) is 0 Å². The number of hydrogen-bond acceptors (Lipinski definition) is 3. The molecule has 0 aliphatic rings. The number of unbranched alkanes of at least 4 members (excludes halogenated alkanes) is 3. The number of carbonyl (C=O) groups is 1. The Labute approximate surface area is 90.2 Å². The number of aliphatic imine (C=N–C) groups is 1. The fraction of sp³-hybridized carbons (Fsp3) is 0.800. The summed E-state index contributed by atoms with van der Waals surface area (Å²) < 4.78 is 0. The highest BCUT2D eigenvalue weighted by Gasteiger charge is 2.31. The van der Waals surface area contributed by atoms with E-state index in [9.17, 15) is 4.79 Å². The first-order valence-corrected chi connectivity index (χ1v) is 5.30. The van der Waals surface area contributed by atoms with Gasteiger partial charge in [-0.3, -0.25) is 0 Å². The molecule has 0 bridgehead atoms. The van der Waals surface area contributed by atoms with Gasteiger partial charge in [-0.25, -0.2) is 9.79 Å². The smallest absolute Gasteiger partial charge is 0.332 e. The van der Waals surface area contributed by atoms with Crippen LogP contribution in [-0.4, -0.2) is 21.8 Å². The Morgan fingerprint density at radius 3 is 2.57 bits per heavy atom. The molecule has 4 heteroatoms. The highest BCUT2D eigenvalue weighted by molar-refractivity contribution is 7.78. The zero-order valence-corrected chi connectivity index (χ0v) is 9.56. The van der Waals surface area contributed by atoms with Crippen molar-refractivity contribution >= 4 is 23.3 Å². The van der Waals surface area contributed by atoms with Gasteiger partial charge in [0.15, 0.2) is 5.54 Å². The van der Waals surface area contributed by atoms with Crippen molar-refractivity contribution in [2.24, 2.45) is 4.99 Å². The molecule has 0 amide bonds. The first-order valence-electron chi connectivity index (χ1n) is 4.89. The Balaban J connectivity index is 4.11. The van der Waals surface area contributed by atoms with E-state index in [1.807, 2.05) is 0 Å². The molecule has 0 aromatic rings. The number of carboxylic acids is 1. The maximum Gasteiger partial charge on any atom is 0.332 e. The lowest BCUT2D eigenvalue weighted by atomic mass is 9.95. The number of thiocarbonyl (C=S) groups is 1. The highest BCUT2D eigenvalue weighted by atomic mass is 32.1. The van der Waals surface area contributed by atoms with Crippen molar-refractivity contribution in [3.63, 3.8) is 0 Å². The van der Waals surface area contributed by atoms with Crippen LogP contribution in [0.1, 0.15) is 46.0 Å². The fourth-order valence-corrected chi connectivity index (χ4v) is 1.41. The van der Waals surface area contributed by atoms with Crippen molar-refractivity contribution in [3.05, 3.63) is 0 Å². The molecule has 0 fully saturated rings. The number of nitrogens with zero attached hydrogens (tertiary/aromatic N) is 1. The van der Waals surface area contributed by atoms with E-state index in [4.69, 9.17) is 5.11 Å².